The minimum atomic E-state index is 0.128. The maximum absolute atomic E-state index is 11.9. The first-order valence-corrected chi connectivity index (χ1v) is 7.38. The largest absolute Gasteiger partial charge is 0.379 e. The van der Waals surface area contributed by atoms with Crippen molar-refractivity contribution in [3.8, 4) is 0 Å². The second-order valence-electron chi connectivity index (χ2n) is 5.59. The molecule has 3 rings (SSSR count). The average Bonchev–Trinajstić information content (AvgIpc) is 2.93. The Kier molecular flexibility index (Phi) is 4.32. The summed E-state index contributed by atoms with van der Waals surface area (Å²) in [7, 11) is 0. The van der Waals surface area contributed by atoms with Crippen molar-refractivity contribution in [2.45, 2.75) is 19.4 Å². The summed E-state index contributed by atoms with van der Waals surface area (Å²) in [4.78, 5) is 18.4. The summed E-state index contributed by atoms with van der Waals surface area (Å²) in [6.07, 6.45) is 6.00. The van der Waals surface area contributed by atoms with E-state index in [0.717, 1.165) is 52.2 Å². The molecule has 1 fully saturated rings. The monoisotopic (exact) mass is 278 g/mol. The molecule has 0 saturated carbocycles. The van der Waals surface area contributed by atoms with Gasteiger partial charge in [0.1, 0.15) is 5.82 Å². The van der Waals surface area contributed by atoms with E-state index in [0.29, 0.717) is 12.5 Å². The Balaban J connectivity index is 1.40. The van der Waals surface area contributed by atoms with Crippen molar-refractivity contribution in [3.05, 3.63) is 18.2 Å². The van der Waals surface area contributed by atoms with Crippen LogP contribution in [0.1, 0.15) is 12.2 Å². The molecule has 1 amide bonds. The number of hydrogen-bond donors (Lipinski definition) is 1. The van der Waals surface area contributed by atoms with Gasteiger partial charge in [0.05, 0.1) is 19.8 Å². The van der Waals surface area contributed by atoms with Crippen LogP contribution in [0.3, 0.4) is 0 Å². The Hall–Kier alpha value is -1.40. The van der Waals surface area contributed by atoms with Gasteiger partial charge in [-0.3, -0.25) is 9.69 Å². The van der Waals surface area contributed by atoms with Crippen LogP contribution < -0.4 is 5.32 Å². The van der Waals surface area contributed by atoms with Crippen LogP contribution in [0.15, 0.2) is 12.4 Å². The lowest BCUT2D eigenvalue weighted by molar-refractivity contribution is -0.123. The summed E-state index contributed by atoms with van der Waals surface area (Å²) in [5.41, 5.74) is 0. The standard InChI is InChI=1S/C14H22N4O2/c19-14(11-17-5-7-20-8-6-17)16-9-12-1-2-13-15-3-4-18(13)10-12/h3-4,12H,1-2,5-11H2,(H,16,19). The Labute approximate surface area is 119 Å². The van der Waals surface area contributed by atoms with Crippen molar-refractivity contribution in [1.29, 1.82) is 0 Å². The molecule has 6 heteroatoms. The number of amides is 1. The second kappa shape index (κ2) is 6.37. The number of hydrogen-bond acceptors (Lipinski definition) is 4. The molecule has 1 aromatic heterocycles. The fourth-order valence-electron chi connectivity index (χ4n) is 2.88. The molecule has 1 N–H and O–H groups in total. The lowest BCUT2D eigenvalue weighted by Crippen LogP contribution is -2.44. The third-order valence-corrected chi connectivity index (χ3v) is 4.09. The van der Waals surface area contributed by atoms with Gasteiger partial charge in [-0.05, 0) is 12.3 Å². The summed E-state index contributed by atoms with van der Waals surface area (Å²) < 4.78 is 7.48. The number of imidazole rings is 1. The number of rotatable bonds is 4. The van der Waals surface area contributed by atoms with Gasteiger partial charge in [0, 0.05) is 45.0 Å². The zero-order valence-corrected chi connectivity index (χ0v) is 11.8. The van der Waals surface area contributed by atoms with E-state index in [4.69, 9.17) is 4.74 Å². The van der Waals surface area contributed by atoms with Crippen molar-refractivity contribution >= 4 is 5.91 Å². The van der Waals surface area contributed by atoms with E-state index < -0.39 is 0 Å². The molecule has 0 aliphatic carbocycles. The van der Waals surface area contributed by atoms with Crippen molar-refractivity contribution in [3.63, 3.8) is 0 Å². The molecule has 110 valence electrons. The summed E-state index contributed by atoms with van der Waals surface area (Å²) in [5, 5.41) is 3.07. The molecular formula is C14H22N4O2. The lowest BCUT2D eigenvalue weighted by atomic mass is 9.99. The Morgan fingerprint density at radius 2 is 2.30 bits per heavy atom. The number of carbonyl (C=O) groups is 1. The van der Waals surface area contributed by atoms with E-state index in [9.17, 15) is 4.79 Å². The van der Waals surface area contributed by atoms with E-state index in [2.05, 4.69) is 19.8 Å². The van der Waals surface area contributed by atoms with E-state index in [-0.39, 0.29) is 5.91 Å². The minimum absolute atomic E-state index is 0.128. The van der Waals surface area contributed by atoms with Crippen molar-refractivity contribution in [1.82, 2.24) is 19.8 Å². The van der Waals surface area contributed by atoms with Crippen LogP contribution in [0.25, 0.3) is 0 Å². The highest BCUT2D eigenvalue weighted by molar-refractivity contribution is 5.78. The summed E-state index contributed by atoms with van der Waals surface area (Å²) in [6, 6.07) is 0. The number of fused-ring (bicyclic) bond motifs is 1. The third-order valence-electron chi connectivity index (χ3n) is 4.09. The maximum Gasteiger partial charge on any atom is 0.234 e. The van der Waals surface area contributed by atoms with E-state index in [1.54, 1.807) is 0 Å². The molecule has 1 aromatic rings. The smallest absolute Gasteiger partial charge is 0.234 e. The molecule has 2 aliphatic rings. The molecule has 6 nitrogen and oxygen atoms in total. The molecule has 1 unspecified atom stereocenters. The average molecular weight is 278 g/mol. The molecule has 0 aromatic carbocycles. The summed E-state index contributed by atoms with van der Waals surface area (Å²) in [6.45, 7) is 5.41. The van der Waals surface area contributed by atoms with E-state index >= 15 is 0 Å². The van der Waals surface area contributed by atoms with Gasteiger partial charge in [-0.15, -0.1) is 0 Å². The lowest BCUT2D eigenvalue weighted by Gasteiger charge is -2.27. The predicted molar refractivity (Wildman–Crippen MR) is 74.3 cm³/mol. The zero-order valence-electron chi connectivity index (χ0n) is 11.8. The number of nitrogens with zero attached hydrogens (tertiary/aromatic N) is 3. The third kappa shape index (κ3) is 3.37. The Bertz CT molecular complexity index is 454. The summed E-state index contributed by atoms with van der Waals surface area (Å²) >= 11 is 0. The number of aryl methyl sites for hydroxylation is 1. The number of nitrogens with one attached hydrogen (secondary N) is 1. The van der Waals surface area contributed by atoms with Gasteiger partial charge in [0.2, 0.25) is 5.91 Å². The molecule has 0 spiro atoms. The van der Waals surface area contributed by atoms with Crippen molar-refractivity contribution < 1.29 is 9.53 Å². The van der Waals surface area contributed by atoms with Gasteiger partial charge in [-0.2, -0.15) is 0 Å². The molecule has 0 bridgehead atoms. The first kappa shape index (κ1) is 13.6. The number of morpholine rings is 1. The van der Waals surface area contributed by atoms with E-state index in [1.165, 1.54) is 5.82 Å². The summed E-state index contributed by atoms with van der Waals surface area (Å²) in [5.74, 6) is 1.81. The van der Waals surface area contributed by atoms with Gasteiger partial charge >= 0.3 is 0 Å². The van der Waals surface area contributed by atoms with Crippen LogP contribution in [0.2, 0.25) is 0 Å². The van der Waals surface area contributed by atoms with Crippen LogP contribution in [-0.2, 0) is 22.5 Å². The van der Waals surface area contributed by atoms with Gasteiger partial charge in [0.25, 0.3) is 0 Å². The fraction of sp³-hybridized carbons (Fsp3) is 0.714. The minimum Gasteiger partial charge on any atom is -0.379 e. The van der Waals surface area contributed by atoms with Crippen molar-refractivity contribution in [2.24, 2.45) is 5.92 Å². The molecular weight excluding hydrogens is 256 g/mol. The first-order valence-electron chi connectivity index (χ1n) is 7.38. The fourth-order valence-corrected chi connectivity index (χ4v) is 2.88. The number of ether oxygens (including phenoxy) is 1. The van der Waals surface area contributed by atoms with Gasteiger partial charge < -0.3 is 14.6 Å². The normalized spacial score (nSPS) is 23.3. The Morgan fingerprint density at radius 3 is 3.15 bits per heavy atom. The van der Waals surface area contributed by atoms with Crippen LogP contribution in [-0.4, -0.2) is 59.8 Å². The molecule has 2 aliphatic heterocycles. The second-order valence-corrected chi connectivity index (χ2v) is 5.59. The highest BCUT2D eigenvalue weighted by Crippen LogP contribution is 2.17. The van der Waals surface area contributed by atoms with Crippen LogP contribution in [0.5, 0.6) is 0 Å². The van der Waals surface area contributed by atoms with Crippen LogP contribution >= 0.6 is 0 Å². The molecule has 3 heterocycles. The van der Waals surface area contributed by atoms with Crippen LogP contribution in [0, 0.1) is 5.92 Å². The van der Waals surface area contributed by atoms with Gasteiger partial charge in [-0.25, -0.2) is 4.98 Å². The molecule has 1 atom stereocenters. The maximum atomic E-state index is 11.9. The number of aromatic nitrogens is 2. The number of carbonyl (C=O) groups excluding carboxylic acids is 1. The predicted octanol–water partition coefficient (Wildman–Crippen LogP) is -0.106. The topological polar surface area (TPSA) is 59.4 Å². The highest BCUT2D eigenvalue weighted by Gasteiger charge is 2.20. The van der Waals surface area contributed by atoms with E-state index in [1.807, 2.05) is 12.4 Å². The highest BCUT2D eigenvalue weighted by atomic mass is 16.5. The van der Waals surface area contributed by atoms with Crippen LogP contribution in [0.4, 0.5) is 0 Å². The van der Waals surface area contributed by atoms with Gasteiger partial charge in [0.15, 0.2) is 0 Å². The first-order chi connectivity index (χ1) is 9.81. The zero-order chi connectivity index (χ0) is 13.8. The Morgan fingerprint density at radius 1 is 1.45 bits per heavy atom. The molecule has 20 heavy (non-hydrogen) atoms. The SMILES string of the molecule is O=C(CN1CCOCC1)NCC1CCc2nccn2C1. The molecule has 0 radical (unpaired) electrons. The molecule has 1 saturated heterocycles. The van der Waals surface area contributed by atoms with Crippen molar-refractivity contribution in [2.75, 3.05) is 39.4 Å². The van der Waals surface area contributed by atoms with Gasteiger partial charge in [-0.1, -0.05) is 0 Å². The quantitative estimate of drug-likeness (QED) is 0.835.